The van der Waals surface area contributed by atoms with Crippen molar-refractivity contribution in [3.63, 3.8) is 0 Å². The van der Waals surface area contributed by atoms with Crippen LogP contribution in [0.25, 0.3) is 0 Å². The van der Waals surface area contributed by atoms with Gasteiger partial charge in [-0.05, 0) is 22.9 Å². The first kappa shape index (κ1) is 12.6. The highest BCUT2D eigenvalue weighted by molar-refractivity contribution is 5.24. The molecule has 18 heavy (non-hydrogen) atoms. The molecule has 0 bridgehead atoms. The second kappa shape index (κ2) is 4.77. The minimum absolute atomic E-state index is 0.000940. The molecule has 1 aromatic heterocycles. The van der Waals surface area contributed by atoms with Crippen LogP contribution in [0.4, 0.5) is 8.78 Å². The minimum Gasteiger partial charge on any atom is -0.383 e. The second-order valence-electron chi connectivity index (χ2n) is 4.02. The number of aliphatic hydroxyl groups is 1. The lowest BCUT2D eigenvalue weighted by atomic mass is 9.90. The molecule has 1 atom stereocenters. The highest BCUT2D eigenvalue weighted by Crippen LogP contribution is 2.29. The summed E-state index contributed by atoms with van der Waals surface area (Å²) in [6, 6.07) is 3.09. The van der Waals surface area contributed by atoms with Crippen molar-refractivity contribution >= 4 is 0 Å². The summed E-state index contributed by atoms with van der Waals surface area (Å²) >= 11 is 0. The van der Waals surface area contributed by atoms with Gasteiger partial charge in [-0.1, -0.05) is 13.0 Å². The van der Waals surface area contributed by atoms with Crippen molar-refractivity contribution in [1.29, 1.82) is 0 Å². The topological polar surface area (TPSA) is 63.8 Å². The first-order valence-corrected chi connectivity index (χ1v) is 5.44. The van der Waals surface area contributed by atoms with Crippen molar-refractivity contribution in [3.05, 3.63) is 41.7 Å². The molecule has 0 saturated carbocycles. The van der Waals surface area contributed by atoms with E-state index in [-0.39, 0.29) is 18.5 Å². The maximum Gasteiger partial charge on any atom is 0.138 e. The van der Waals surface area contributed by atoms with Gasteiger partial charge in [0, 0.05) is 11.6 Å². The first-order chi connectivity index (χ1) is 8.55. The highest BCUT2D eigenvalue weighted by Gasteiger charge is 2.31. The van der Waals surface area contributed by atoms with Crippen molar-refractivity contribution < 1.29 is 13.9 Å². The van der Waals surface area contributed by atoms with Crippen LogP contribution < -0.4 is 0 Å². The average molecular weight is 254 g/mol. The maximum absolute atomic E-state index is 13.7. The molecule has 96 valence electrons. The van der Waals surface area contributed by atoms with Crippen LogP contribution in [0.2, 0.25) is 0 Å². The largest absolute Gasteiger partial charge is 0.383 e. The summed E-state index contributed by atoms with van der Waals surface area (Å²) in [6.07, 6.45) is 1.57. The fourth-order valence-corrected chi connectivity index (χ4v) is 1.78. The quantitative estimate of drug-likeness (QED) is 0.891. The Kier molecular flexibility index (Phi) is 3.33. The number of nitrogens with zero attached hydrogens (tertiary/aromatic N) is 4. The predicted octanol–water partition coefficient (Wildman–Crippen LogP) is 1.25. The van der Waals surface area contributed by atoms with E-state index in [1.54, 1.807) is 6.92 Å². The summed E-state index contributed by atoms with van der Waals surface area (Å²) in [5.41, 5.74) is -1.45. The Balaban J connectivity index is 2.36. The van der Waals surface area contributed by atoms with Gasteiger partial charge < -0.3 is 5.11 Å². The highest BCUT2D eigenvalue weighted by atomic mass is 19.1. The van der Waals surface area contributed by atoms with Crippen molar-refractivity contribution in [2.45, 2.75) is 25.5 Å². The van der Waals surface area contributed by atoms with Crippen molar-refractivity contribution in [3.8, 4) is 0 Å². The number of halogens is 2. The van der Waals surface area contributed by atoms with E-state index in [1.807, 2.05) is 0 Å². The molecule has 5 nitrogen and oxygen atoms in total. The number of rotatable bonds is 4. The van der Waals surface area contributed by atoms with Crippen LogP contribution in [0.3, 0.4) is 0 Å². The van der Waals surface area contributed by atoms with E-state index in [2.05, 4.69) is 15.5 Å². The average Bonchev–Trinajstić information content (AvgIpc) is 2.81. The van der Waals surface area contributed by atoms with Gasteiger partial charge in [-0.2, -0.15) is 0 Å². The second-order valence-corrected chi connectivity index (χ2v) is 4.02. The van der Waals surface area contributed by atoms with E-state index >= 15 is 0 Å². The van der Waals surface area contributed by atoms with Gasteiger partial charge in [0.05, 0.1) is 6.54 Å². The van der Waals surface area contributed by atoms with Crippen LogP contribution in [0.15, 0.2) is 24.5 Å². The number of benzene rings is 1. The molecule has 0 radical (unpaired) electrons. The summed E-state index contributed by atoms with van der Waals surface area (Å²) in [6.45, 7) is 1.70. The van der Waals surface area contributed by atoms with Gasteiger partial charge in [0.15, 0.2) is 0 Å². The van der Waals surface area contributed by atoms with Gasteiger partial charge in [-0.3, -0.25) is 0 Å². The molecule has 0 fully saturated rings. The summed E-state index contributed by atoms with van der Waals surface area (Å²) in [4.78, 5) is 0. The lowest BCUT2D eigenvalue weighted by Gasteiger charge is -2.27. The van der Waals surface area contributed by atoms with E-state index in [4.69, 9.17) is 0 Å². The number of hydrogen-bond donors (Lipinski definition) is 1. The monoisotopic (exact) mass is 254 g/mol. The van der Waals surface area contributed by atoms with Crippen molar-refractivity contribution in [1.82, 2.24) is 20.2 Å². The van der Waals surface area contributed by atoms with Crippen molar-refractivity contribution in [2.75, 3.05) is 0 Å². The molecule has 1 aromatic carbocycles. The molecule has 0 saturated heterocycles. The smallest absolute Gasteiger partial charge is 0.138 e. The maximum atomic E-state index is 13.7. The Morgan fingerprint density at radius 2 is 2.17 bits per heavy atom. The van der Waals surface area contributed by atoms with E-state index in [9.17, 15) is 13.9 Å². The van der Waals surface area contributed by atoms with Gasteiger partial charge in [-0.15, -0.1) is 5.10 Å². The lowest BCUT2D eigenvalue weighted by molar-refractivity contribution is 0.00714. The molecule has 2 aromatic rings. The zero-order valence-electron chi connectivity index (χ0n) is 9.72. The Morgan fingerprint density at radius 3 is 2.72 bits per heavy atom. The molecule has 0 aliphatic rings. The van der Waals surface area contributed by atoms with Crippen LogP contribution in [0.1, 0.15) is 18.9 Å². The fraction of sp³-hybridized carbons (Fsp3) is 0.364. The van der Waals surface area contributed by atoms with E-state index in [0.717, 1.165) is 12.1 Å². The molecule has 0 amide bonds. The minimum atomic E-state index is -1.48. The van der Waals surface area contributed by atoms with Crippen LogP contribution in [-0.4, -0.2) is 25.3 Å². The normalized spacial score (nSPS) is 14.4. The van der Waals surface area contributed by atoms with Gasteiger partial charge in [0.1, 0.15) is 23.6 Å². The molecular formula is C11H12F2N4O. The summed E-state index contributed by atoms with van der Waals surface area (Å²) in [7, 11) is 0. The molecular weight excluding hydrogens is 242 g/mol. The third-order valence-electron chi connectivity index (χ3n) is 2.83. The van der Waals surface area contributed by atoms with Gasteiger partial charge >= 0.3 is 0 Å². The molecule has 0 aliphatic carbocycles. The zero-order chi connectivity index (χ0) is 13.2. The summed E-state index contributed by atoms with van der Waals surface area (Å²) < 4.78 is 27.9. The van der Waals surface area contributed by atoms with Gasteiger partial charge in [0.2, 0.25) is 0 Å². The molecule has 2 rings (SSSR count). The Hall–Kier alpha value is -1.89. The molecule has 0 spiro atoms. The van der Waals surface area contributed by atoms with Crippen LogP contribution in [0.5, 0.6) is 0 Å². The third kappa shape index (κ3) is 2.35. The molecule has 1 unspecified atom stereocenters. The third-order valence-corrected chi connectivity index (χ3v) is 2.83. The van der Waals surface area contributed by atoms with E-state index in [0.29, 0.717) is 0 Å². The van der Waals surface area contributed by atoms with Crippen LogP contribution >= 0.6 is 0 Å². The van der Waals surface area contributed by atoms with E-state index < -0.39 is 17.2 Å². The fourth-order valence-electron chi connectivity index (χ4n) is 1.78. The first-order valence-electron chi connectivity index (χ1n) is 5.44. The summed E-state index contributed by atoms with van der Waals surface area (Å²) in [5, 5.41) is 21.0. The predicted molar refractivity (Wildman–Crippen MR) is 58.4 cm³/mol. The van der Waals surface area contributed by atoms with Crippen LogP contribution in [0, 0.1) is 11.6 Å². The Labute approximate surface area is 102 Å². The van der Waals surface area contributed by atoms with Crippen molar-refractivity contribution in [2.24, 2.45) is 0 Å². The van der Waals surface area contributed by atoms with Crippen LogP contribution in [-0.2, 0) is 12.1 Å². The molecule has 1 N–H and O–H groups in total. The number of aromatic nitrogens is 4. The van der Waals surface area contributed by atoms with E-state index in [1.165, 1.54) is 17.1 Å². The molecule has 7 heteroatoms. The standard InChI is InChI=1S/C11H12F2N4O/c1-2-11(18,6-17-7-14-15-16-17)9-4-3-8(12)5-10(9)13/h3-5,7,18H,2,6H2,1H3. The molecule has 0 aliphatic heterocycles. The number of hydrogen-bond acceptors (Lipinski definition) is 4. The van der Waals surface area contributed by atoms with Gasteiger partial charge in [0.25, 0.3) is 0 Å². The Bertz CT molecular complexity index is 532. The summed E-state index contributed by atoms with van der Waals surface area (Å²) in [5.74, 6) is -1.47. The SMILES string of the molecule is CCC(O)(Cn1cnnn1)c1ccc(F)cc1F. The number of tetrazole rings is 1. The zero-order valence-corrected chi connectivity index (χ0v) is 9.72. The molecule has 1 heterocycles. The lowest BCUT2D eigenvalue weighted by Crippen LogP contribution is -2.32. The Morgan fingerprint density at radius 1 is 1.39 bits per heavy atom. The van der Waals surface area contributed by atoms with Gasteiger partial charge in [-0.25, -0.2) is 13.5 Å².